The van der Waals surface area contributed by atoms with Gasteiger partial charge in [0.05, 0.1) is 0 Å². The zero-order chi connectivity index (χ0) is 9.97. The zero-order valence-corrected chi connectivity index (χ0v) is 9.21. The summed E-state index contributed by atoms with van der Waals surface area (Å²) in [6.45, 7) is 4.37. The molecule has 0 bridgehead atoms. The molecule has 0 amide bonds. The van der Waals surface area contributed by atoms with Crippen molar-refractivity contribution in [3.63, 3.8) is 0 Å². The van der Waals surface area contributed by atoms with E-state index in [1.165, 1.54) is 37.8 Å². The summed E-state index contributed by atoms with van der Waals surface area (Å²) in [7, 11) is 0. The van der Waals surface area contributed by atoms with Gasteiger partial charge in [0.25, 0.3) is 0 Å². The van der Waals surface area contributed by atoms with E-state index in [4.69, 9.17) is 0 Å². The van der Waals surface area contributed by atoms with E-state index in [0.29, 0.717) is 5.92 Å². The number of rotatable bonds is 2. The quantitative estimate of drug-likeness (QED) is 0.762. The Kier molecular flexibility index (Phi) is 2.90. The normalized spacial score (nSPS) is 19.1. The fourth-order valence-corrected chi connectivity index (χ4v) is 2.27. The molecule has 1 fully saturated rings. The van der Waals surface area contributed by atoms with Crippen LogP contribution in [0.3, 0.4) is 0 Å². The second-order valence-electron chi connectivity index (χ2n) is 4.71. The fraction of sp³-hybridized carbons (Fsp3) is 0.750. The lowest BCUT2D eigenvalue weighted by molar-refractivity contribution is 0.437. The Morgan fingerprint density at radius 3 is 2.57 bits per heavy atom. The molecule has 1 aliphatic rings. The Bertz CT molecular complexity index is 282. The Morgan fingerprint density at radius 2 is 2.00 bits per heavy atom. The van der Waals surface area contributed by atoms with Crippen LogP contribution in [0, 0.1) is 0 Å². The molecule has 2 nitrogen and oxygen atoms in total. The minimum absolute atomic E-state index is 0.521. The van der Waals surface area contributed by atoms with E-state index < -0.39 is 0 Å². The number of nitrogens with one attached hydrogen (secondary N) is 1. The van der Waals surface area contributed by atoms with E-state index in [1.807, 2.05) is 6.20 Å². The predicted molar refractivity (Wildman–Crippen MR) is 58.5 cm³/mol. The topological polar surface area (TPSA) is 28.7 Å². The molecule has 1 N–H and O–H groups in total. The molecule has 14 heavy (non-hydrogen) atoms. The number of imidazole rings is 1. The van der Waals surface area contributed by atoms with Gasteiger partial charge in [0, 0.05) is 23.7 Å². The van der Waals surface area contributed by atoms with E-state index in [1.54, 1.807) is 0 Å². The van der Waals surface area contributed by atoms with Crippen molar-refractivity contribution in [2.75, 3.05) is 0 Å². The summed E-state index contributed by atoms with van der Waals surface area (Å²) in [4.78, 5) is 7.91. The first-order chi connectivity index (χ1) is 6.77. The molecule has 0 saturated heterocycles. The second kappa shape index (κ2) is 4.16. The zero-order valence-electron chi connectivity index (χ0n) is 9.21. The van der Waals surface area contributed by atoms with Crippen LogP contribution in [0.4, 0.5) is 0 Å². The van der Waals surface area contributed by atoms with Crippen molar-refractivity contribution in [3.8, 4) is 0 Å². The van der Waals surface area contributed by atoms with Crippen molar-refractivity contribution < 1.29 is 0 Å². The monoisotopic (exact) mass is 192 g/mol. The first-order valence-electron chi connectivity index (χ1n) is 5.82. The SMILES string of the molecule is CC(C)c1ncc(C2CCCCC2)[nH]1. The summed E-state index contributed by atoms with van der Waals surface area (Å²) in [5.41, 5.74) is 1.37. The number of hydrogen-bond acceptors (Lipinski definition) is 1. The largest absolute Gasteiger partial charge is 0.345 e. The molecule has 0 unspecified atom stereocenters. The molecule has 1 aromatic heterocycles. The van der Waals surface area contributed by atoms with Gasteiger partial charge in [-0.2, -0.15) is 0 Å². The molecule has 1 saturated carbocycles. The third-order valence-corrected chi connectivity index (χ3v) is 3.21. The average molecular weight is 192 g/mol. The summed E-state index contributed by atoms with van der Waals surface area (Å²) in [6.07, 6.45) is 8.94. The first-order valence-corrected chi connectivity index (χ1v) is 5.82. The van der Waals surface area contributed by atoms with Gasteiger partial charge in [0.15, 0.2) is 0 Å². The average Bonchev–Trinajstić information content (AvgIpc) is 2.68. The van der Waals surface area contributed by atoms with Gasteiger partial charge in [-0.15, -0.1) is 0 Å². The summed E-state index contributed by atoms with van der Waals surface area (Å²) < 4.78 is 0. The van der Waals surface area contributed by atoms with Crippen molar-refractivity contribution in [2.45, 2.75) is 57.8 Å². The molecule has 0 aromatic carbocycles. The second-order valence-corrected chi connectivity index (χ2v) is 4.71. The van der Waals surface area contributed by atoms with Crippen LogP contribution >= 0.6 is 0 Å². The number of hydrogen-bond donors (Lipinski definition) is 1. The Hall–Kier alpha value is -0.790. The highest BCUT2D eigenvalue weighted by atomic mass is 14.9. The first kappa shape index (κ1) is 9.75. The van der Waals surface area contributed by atoms with Gasteiger partial charge >= 0.3 is 0 Å². The van der Waals surface area contributed by atoms with Crippen LogP contribution in [0.5, 0.6) is 0 Å². The third kappa shape index (κ3) is 1.99. The lowest BCUT2D eigenvalue weighted by Gasteiger charge is -2.19. The van der Waals surface area contributed by atoms with Crippen molar-refractivity contribution in [3.05, 3.63) is 17.7 Å². The van der Waals surface area contributed by atoms with Crippen molar-refractivity contribution in [2.24, 2.45) is 0 Å². The third-order valence-electron chi connectivity index (χ3n) is 3.21. The van der Waals surface area contributed by atoms with Crippen molar-refractivity contribution >= 4 is 0 Å². The van der Waals surface area contributed by atoms with E-state index in [2.05, 4.69) is 23.8 Å². The molecule has 2 rings (SSSR count). The van der Waals surface area contributed by atoms with Crippen LogP contribution in [0.25, 0.3) is 0 Å². The van der Waals surface area contributed by atoms with Crippen LogP contribution < -0.4 is 0 Å². The van der Waals surface area contributed by atoms with Gasteiger partial charge in [-0.1, -0.05) is 33.1 Å². The maximum atomic E-state index is 4.44. The van der Waals surface area contributed by atoms with Gasteiger partial charge in [0.1, 0.15) is 5.82 Å². The van der Waals surface area contributed by atoms with Crippen LogP contribution in [-0.4, -0.2) is 9.97 Å². The number of nitrogens with zero attached hydrogens (tertiary/aromatic N) is 1. The lowest BCUT2D eigenvalue weighted by Crippen LogP contribution is -2.05. The number of aromatic amines is 1. The molecule has 1 aliphatic carbocycles. The Labute approximate surface area is 86.1 Å². The Morgan fingerprint density at radius 1 is 1.29 bits per heavy atom. The molecule has 1 heterocycles. The maximum Gasteiger partial charge on any atom is 0.108 e. The number of aromatic nitrogens is 2. The van der Waals surface area contributed by atoms with Crippen LogP contribution in [0.2, 0.25) is 0 Å². The fourth-order valence-electron chi connectivity index (χ4n) is 2.27. The molecule has 0 radical (unpaired) electrons. The molecule has 0 spiro atoms. The summed E-state index contributed by atoms with van der Waals surface area (Å²) >= 11 is 0. The van der Waals surface area contributed by atoms with Crippen LogP contribution in [0.1, 0.15) is 69.3 Å². The summed E-state index contributed by atoms with van der Waals surface area (Å²) in [6, 6.07) is 0. The highest BCUT2D eigenvalue weighted by Crippen LogP contribution is 2.31. The van der Waals surface area contributed by atoms with E-state index in [0.717, 1.165) is 11.7 Å². The molecule has 78 valence electrons. The molecular formula is C12H20N2. The van der Waals surface area contributed by atoms with E-state index in [9.17, 15) is 0 Å². The minimum Gasteiger partial charge on any atom is -0.345 e. The van der Waals surface area contributed by atoms with Crippen LogP contribution in [-0.2, 0) is 0 Å². The Balaban J connectivity index is 2.07. The molecular weight excluding hydrogens is 172 g/mol. The smallest absolute Gasteiger partial charge is 0.108 e. The number of H-pyrrole nitrogens is 1. The molecule has 0 aliphatic heterocycles. The van der Waals surface area contributed by atoms with Crippen molar-refractivity contribution in [1.29, 1.82) is 0 Å². The van der Waals surface area contributed by atoms with Gasteiger partial charge in [0.2, 0.25) is 0 Å². The van der Waals surface area contributed by atoms with Crippen LogP contribution in [0.15, 0.2) is 6.20 Å². The molecule has 2 heteroatoms. The molecule has 0 atom stereocenters. The highest BCUT2D eigenvalue weighted by Gasteiger charge is 2.17. The summed E-state index contributed by atoms with van der Waals surface area (Å²) in [5.74, 6) is 2.42. The summed E-state index contributed by atoms with van der Waals surface area (Å²) in [5, 5.41) is 0. The highest BCUT2D eigenvalue weighted by molar-refractivity contribution is 5.10. The lowest BCUT2D eigenvalue weighted by atomic mass is 9.87. The maximum absolute atomic E-state index is 4.44. The minimum atomic E-state index is 0.521. The van der Waals surface area contributed by atoms with Gasteiger partial charge in [-0.05, 0) is 12.8 Å². The van der Waals surface area contributed by atoms with E-state index >= 15 is 0 Å². The van der Waals surface area contributed by atoms with Gasteiger partial charge < -0.3 is 4.98 Å². The molecule has 1 aromatic rings. The van der Waals surface area contributed by atoms with E-state index in [-0.39, 0.29) is 0 Å². The van der Waals surface area contributed by atoms with Gasteiger partial charge in [-0.3, -0.25) is 0 Å². The predicted octanol–water partition coefficient (Wildman–Crippen LogP) is 3.58. The van der Waals surface area contributed by atoms with Gasteiger partial charge in [-0.25, -0.2) is 4.98 Å². The van der Waals surface area contributed by atoms with Crippen molar-refractivity contribution in [1.82, 2.24) is 9.97 Å². The standard InChI is InChI=1S/C12H20N2/c1-9(2)12-13-8-11(14-12)10-6-4-3-5-7-10/h8-10H,3-7H2,1-2H3,(H,13,14).